The number of benzene rings is 4. The highest BCUT2D eigenvalue weighted by atomic mass is 31.1. The number of ketones is 2. The lowest BCUT2D eigenvalue weighted by atomic mass is 9.93. The molecule has 0 spiro atoms. The van der Waals surface area contributed by atoms with E-state index in [0.717, 1.165) is 63.7 Å². The van der Waals surface area contributed by atoms with Crippen molar-refractivity contribution in [3.63, 3.8) is 0 Å². The SMILES string of the molecule is Cc1cc(C)c(C(=O)c2ccccc2[P]c2ccccc2C(=O)c2c(C)cc(C)cc2C)c(C)c1. The Balaban J connectivity index is 1.76. The Kier molecular flexibility index (Phi) is 7.15. The average Bonchev–Trinajstić information content (AvgIpc) is 2.78. The molecule has 0 aliphatic rings. The molecule has 0 aliphatic carbocycles. The highest BCUT2D eigenvalue weighted by Crippen LogP contribution is 2.25. The molecule has 4 aromatic carbocycles. The number of hydrogen-bond donors (Lipinski definition) is 0. The molecule has 2 nitrogen and oxygen atoms in total. The third-order valence-corrected chi connectivity index (χ3v) is 7.61. The van der Waals surface area contributed by atoms with E-state index in [9.17, 15) is 9.59 Å². The van der Waals surface area contributed by atoms with Crippen LogP contribution in [0.1, 0.15) is 65.2 Å². The quantitative estimate of drug-likeness (QED) is 0.224. The van der Waals surface area contributed by atoms with Gasteiger partial charge in [-0.1, -0.05) is 83.9 Å². The largest absolute Gasteiger partial charge is 0.289 e. The van der Waals surface area contributed by atoms with Crippen LogP contribution in [0.2, 0.25) is 0 Å². The number of rotatable bonds is 6. The summed E-state index contributed by atoms with van der Waals surface area (Å²) in [6, 6.07) is 23.7. The first-order valence-corrected chi connectivity index (χ1v) is 12.7. The van der Waals surface area contributed by atoms with E-state index in [1.165, 1.54) is 0 Å². The zero-order chi connectivity index (χ0) is 25.3. The van der Waals surface area contributed by atoms with Gasteiger partial charge >= 0.3 is 0 Å². The molecule has 4 rings (SSSR count). The molecular formula is C32H30O2P. The lowest BCUT2D eigenvalue weighted by Crippen LogP contribution is -2.20. The van der Waals surface area contributed by atoms with Crippen molar-refractivity contribution < 1.29 is 9.59 Å². The summed E-state index contributed by atoms with van der Waals surface area (Å²) < 4.78 is 0. The first kappa shape index (κ1) is 24.8. The highest BCUT2D eigenvalue weighted by molar-refractivity contribution is 7.56. The predicted octanol–water partition coefficient (Wildman–Crippen LogP) is 6.90. The second kappa shape index (κ2) is 10.1. The third kappa shape index (κ3) is 5.04. The monoisotopic (exact) mass is 477 g/mol. The summed E-state index contributed by atoms with van der Waals surface area (Å²) in [5.41, 5.74) is 9.11. The van der Waals surface area contributed by atoms with Crippen LogP contribution in [0.3, 0.4) is 0 Å². The molecule has 0 heterocycles. The molecular weight excluding hydrogens is 447 g/mol. The Morgan fingerprint density at radius 2 is 0.829 bits per heavy atom. The van der Waals surface area contributed by atoms with Crippen LogP contribution in [-0.2, 0) is 0 Å². The minimum absolute atomic E-state index is 0.0251. The summed E-state index contributed by atoms with van der Waals surface area (Å²) in [5, 5.41) is 1.80. The molecule has 0 atom stereocenters. The molecule has 175 valence electrons. The molecule has 0 saturated heterocycles. The van der Waals surface area contributed by atoms with Crippen LogP contribution in [-0.4, -0.2) is 11.6 Å². The van der Waals surface area contributed by atoms with Gasteiger partial charge in [0.15, 0.2) is 11.6 Å². The van der Waals surface area contributed by atoms with Gasteiger partial charge in [0.05, 0.1) is 0 Å². The van der Waals surface area contributed by atoms with Gasteiger partial charge in [-0.15, -0.1) is 0 Å². The van der Waals surface area contributed by atoms with E-state index in [2.05, 4.69) is 24.3 Å². The maximum absolute atomic E-state index is 13.7. The number of aryl methyl sites for hydroxylation is 6. The molecule has 0 fully saturated rings. The van der Waals surface area contributed by atoms with Crippen LogP contribution in [0.25, 0.3) is 0 Å². The first-order chi connectivity index (χ1) is 16.7. The van der Waals surface area contributed by atoms with E-state index in [1.54, 1.807) is 0 Å². The van der Waals surface area contributed by atoms with E-state index in [-0.39, 0.29) is 11.6 Å². The van der Waals surface area contributed by atoms with E-state index in [4.69, 9.17) is 0 Å². The highest BCUT2D eigenvalue weighted by Gasteiger charge is 2.22. The smallest absolute Gasteiger partial charge is 0.194 e. The summed E-state index contributed by atoms with van der Waals surface area (Å²) in [6.07, 6.45) is 0. The van der Waals surface area contributed by atoms with E-state index in [0.29, 0.717) is 11.1 Å². The summed E-state index contributed by atoms with van der Waals surface area (Å²) in [7, 11) is 0.833. The Hall–Kier alpha value is -3.35. The lowest BCUT2D eigenvalue weighted by Gasteiger charge is -2.15. The maximum Gasteiger partial charge on any atom is 0.194 e. The Bertz CT molecular complexity index is 1310. The van der Waals surface area contributed by atoms with Crippen molar-refractivity contribution in [1.29, 1.82) is 0 Å². The van der Waals surface area contributed by atoms with Gasteiger partial charge in [0.1, 0.15) is 0 Å². The fourth-order valence-electron chi connectivity index (χ4n) is 5.00. The molecule has 0 aliphatic heterocycles. The van der Waals surface area contributed by atoms with Crippen molar-refractivity contribution in [2.24, 2.45) is 0 Å². The molecule has 0 N–H and O–H groups in total. The van der Waals surface area contributed by atoms with E-state index >= 15 is 0 Å². The van der Waals surface area contributed by atoms with Gasteiger partial charge in [0, 0.05) is 22.3 Å². The van der Waals surface area contributed by atoms with Gasteiger partial charge in [0.2, 0.25) is 0 Å². The van der Waals surface area contributed by atoms with Crippen molar-refractivity contribution in [1.82, 2.24) is 0 Å². The minimum Gasteiger partial charge on any atom is -0.289 e. The van der Waals surface area contributed by atoms with Crippen molar-refractivity contribution >= 4 is 30.8 Å². The summed E-state index contributed by atoms with van der Waals surface area (Å²) in [5.74, 6) is 0.0502. The summed E-state index contributed by atoms with van der Waals surface area (Å²) in [4.78, 5) is 27.4. The van der Waals surface area contributed by atoms with Crippen LogP contribution < -0.4 is 10.6 Å². The zero-order valence-corrected chi connectivity index (χ0v) is 22.1. The lowest BCUT2D eigenvalue weighted by molar-refractivity contribution is 0.103. The van der Waals surface area contributed by atoms with Crippen LogP contribution >= 0.6 is 8.58 Å². The van der Waals surface area contributed by atoms with Crippen molar-refractivity contribution in [3.05, 3.63) is 128 Å². The Morgan fingerprint density at radius 3 is 1.17 bits per heavy atom. The number of hydrogen-bond acceptors (Lipinski definition) is 2. The maximum atomic E-state index is 13.7. The van der Waals surface area contributed by atoms with E-state index < -0.39 is 0 Å². The van der Waals surface area contributed by atoms with Crippen molar-refractivity contribution in [3.8, 4) is 0 Å². The Morgan fingerprint density at radius 1 is 0.514 bits per heavy atom. The van der Waals surface area contributed by atoms with Gasteiger partial charge in [-0.2, -0.15) is 0 Å². The topological polar surface area (TPSA) is 34.1 Å². The molecule has 0 saturated carbocycles. The van der Waals surface area contributed by atoms with Crippen LogP contribution in [0.4, 0.5) is 0 Å². The van der Waals surface area contributed by atoms with Crippen molar-refractivity contribution in [2.75, 3.05) is 0 Å². The van der Waals surface area contributed by atoms with Crippen LogP contribution in [0.15, 0.2) is 72.8 Å². The number of carbonyl (C=O) groups excluding carboxylic acids is 2. The molecule has 1 radical (unpaired) electrons. The van der Waals surface area contributed by atoms with Gasteiger partial charge in [-0.3, -0.25) is 9.59 Å². The standard InChI is InChI=1S/C32H30O2P/c1-19-15-21(3)29(22(4)16-19)31(33)25-11-7-9-13-27(25)35-28-14-10-8-12-26(28)32(34)30-23(5)17-20(2)18-24(30)6/h7-18H,1-6H3. The molecule has 35 heavy (non-hydrogen) atoms. The molecule has 0 aromatic heterocycles. The number of carbonyl (C=O) groups is 2. The van der Waals surface area contributed by atoms with Gasteiger partial charge < -0.3 is 0 Å². The molecule has 0 bridgehead atoms. The van der Waals surface area contributed by atoms with Crippen LogP contribution in [0.5, 0.6) is 0 Å². The Labute approximate surface area is 210 Å². The molecule has 3 heteroatoms. The fourth-order valence-corrected chi connectivity index (χ4v) is 6.18. The fraction of sp³-hybridized carbons (Fsp3) is 0.188. The van der Waals surface area contributed by atoms with Crippen molar-refractivity contribution in [2.45, 2.75) is 41.5 Å². The third-order valence-electron chi connectivity index (χ3n) is 6.35. The average molecular weight is 478 g/mol. The molecule has 0 amide bonds. The van der Waals surface area contributed by atoms with Crippen LogP contribution in [0, 0.1) is 41.5 Å². The molecule has 0 unspecified atom stereocenters. The second-order valence-electron chi connectivity index (χ2n) is 9.35. The zero-order valence-electron chi connectivity index (χ0n) is 21.2. The summed E-state index contributed by atoms with van der Waals surface area (Å²) in [6.45, 7) is 12.1. The van der Waals surface area contributed by atoms with Gasteiger partial charge in [-0.25, -0.2) is 0 Å². The minimum atomic E-state index is 0.0251. The second-order valence-corrected chi connectivity index (χ2v) is 10.5. The van der Waals surface area contributed by atoms with Gasteiger partial charge in [0.25, 0.3) is 0 Å². The predicted molar refractivity (Wildman–Crippen MR) is 147 cm³/mol. The normalized spacial score (nSPS) is 10.9. The van der Waals surface area contributed by atoms with Gasteiger partial charge in [-0.05, 0) is 83.0 Å². The van der Waals surface area contributed by atoms with E-state index in [1.807, 2.05) is 90.1 Å². The molecule has 4 aromatic rings. The summed E-state index contributed by atoms with van der Waals surface area (Å²) >= 11 is 0. The first-order valence-electron chi connectivity index (χ1n) is 11.8.